The predicted octanol–water partition coefficient (Wildman–Crippen LogP) is 3.04. The maximum absolute atomic E-state index is 5.55. The average Bonchev–Trinajstić information content (AvgIpc) is 2.60. The molecule has 2 N–H and O–H groups in total. The van der Waals surface area contributed by atoms with Gasteiger partial charge >= 0.3 is 0 Å². The van der Waals surface area contributed by atoms with E-state index >= 15 is 0 Å². The van der Waals surface area contributed by atoms with Crippen molar-refractivity contribution in [3.05, 3.63) is 18.2 Å². The van der Waals surface area contributed by atoms with E-state index in [1.54, 1.807) is 14.2 Å². The van der Waals surface area contributed by atoms with Gasteiger partial charge in [0, 0.05) is 31.9 Å². The molecule has 1 aromatic rings. The van der Waals surface area contributed by atoms with Gasteiger partial charge < -0.3 is 25.0 Å². The molecular formula is C18H31IN4O2. The summed E-state index contributed by atoms with van der Waals surface area (Å²) in [5.41, 5.74) is 0.921. The van der Waals surface area contributed by atoms with Crippen molar-refractivity contribution in [2.24, 2.45) is 10.9 Å². The highest BCUT2D eigenvalue weighted by Crippen LogP contribution is 2.30. The number of anilines is 1. The molecule has 1 fully saturated rings. The van der Waals surface area contributed by atoms with Crippen LogP contribution in [-0.2, 0) is 0 Å². The number of halogens is 1. The van der Waals surface area contributed by atoms with E-state index in [1.165, 1.54) is 19.4 Å². The summed E-state index contributed by atoms with van der Waals surface area (Å²) >= 11 is 0. The molecule has 0 aliphatic carbocycles. The fourth-order valence-corrected chi connectivity index (χ4v) is 3.02. The summed E-state index contributed by atoms with van der Waals surface area (Å²) < 4.78 is 10.9. The minimum Gasteiger partial charge on any atom is -0.493 e. The molecule has 0 saturated carbocycles. The van der Waals surface area contributed by atoms with Crippen LogP contribution in [0, 0.1) is 5.92 Å². The molecule has 1 unspecified atom stereocenters. The van der Waals surface area contributed by atoms with E-state index < -0.39 is 0 Å². The second kappa shape index (κ2) is 11.4. The Kier molecular flexibility index (Phi) is 9.96. The number of nitrogens with zero attached hydrogens (tertiary/aromatic N) is 2. The zero-order chi connectivity index (χ0) is 17.4. The topological polar surface area (TPSA) is 58.1 Å². The van der Waals surface area contributed by atoms with Gasteiger partial charge in [-0.3, -0.25) is 4.99 Å². The van der Waals surface area contributed by atoms with Crippen LogP contribution in [0.15, 0.2) is 23.2 Å². The van der Waals surface area contributed by atoms with Crippen molar-refractivity contribution in [3.63, 3.8) is 0 Å². The normalized spacial score (nSPS) is 18.2. The molecule has 1 aromatic carbocycles. The Labute approximate surface area is 168 Å². The van der Waals surface area contributed by atoms with Crippen molar-refractivity contribution >= 4 is 35.6 Å². The zero-order valence-corrected chi connectivity index (χ0v) is 18.0. The van der Waals surface area contributed by atoms with Crippen molar-refractivity contribution in [1.82, 2.24) is 10.2 Å². The summed E-state index contributed by atoms with van der Waals surface area (Å²) in [4.78, 5) is 6.70. The van der Waals surface area contributed by atoms with Crippen LogP contribution in [0.1, 0.15) is 19.8 Å². The third-order valence-electron chi connectivity index (χ3n) is 4.23. The maximum Gasteiger partial charge on any atom is 0.195 e. The first-order valence-electron chi connectivity index (χ1n) is 8.63. The van der Waals surface area contributed by atoms with Crippen molar-refractivity contribution in [1.29, 1.82) is 0 Å². The Bertz CT molecular complexity index is 554. The molecule has 0 radical (unpaired) electrons. The molecule has 7 heteroatoms. The molecule has 0 aromatic heterocycles. The van der Waals surface area contributed by atoms with E-state index in [2.05, 4.69) is 27.6 Å². The minimum absolute atomic E-state index is 0. The number of hydrogen-bond acceptors (Lipinski definition) is 4. The molecule has 25 heavy (non-hydrogen) atoms. The highest BCUT2D eigenvalue weighted by Gasteiger charge is 2.17. The fourth-order valence-electron chi connectivity index (χ4n) is 3.02. The van der Waals surface area contributed by atoms with Gasteiger partial charge in [0.1, 0.15) is 0 Å². The first kappa shape index (κ1) is 21.8. The number of nitrogens with one attached hydrogen (secondary N) is 2. The minimum atomic E-state index is 0. The molecule has 1 atom stereocenters. The summed E-state index contributed by atoms with van der Waals surface area (Å²) in [5, 5.41) is 6.74. The van der Waals surface area contributed by atoms with Crippen LogP contribution in [-0.4, -0.2) is 58.3 Å². The third kappa shape index (κ3) is 6.89. The Morgan fingerprint density at radius 2 is 2.16 bits per heavy atom. The fraction of sp³-hybridized carbons (Fsp3) is 0.611. The van der Waals surface area contributed by atoms with Crippen molar-refractivity contribution in [2.45, 2.75) is 19.8 Å². The highest BCUT2D eigenvalue weighted by atomic mass is 127. The van der Waals surface area contributed by atoms with E-state index in [-0.39, 0.29) is 24.0 Å². The van der Waals surface area contributed by atoms with Gasteiger partial charge in [0.25, 0.3) is 0 Å². The smallest absolute Gasteiger partial charge is 0.195 e. The lowest BCUT2D eigenvalue weighted by molar-refractivity contribution is 0.211. The van der Waals surface area contributed by atoms with E-state index in [4.69, 9.17) is 9.47 Å². The van der Waals surface area contributed by atoms with Crippen molar-refractivity contribution in [3.8, 4) is 11.5 Å². The predicted molar refractivity (Wildman–Crippen MR) is 115 cm³/mol. The summed E-state index contributed by atoms with van der Waals surface area (Å²) in [6.45, 7) is 5.84. The summed E-state index contributed by atoms with van der Waals surface area (Å²) in [7, 11) is 5.62. The number of aliphatic imine (C=N–C) groups is 1. The Hall–Kier alpha value is -1.22. The largest absolute Gasteiger partial charge is 0.493 e. The summed E-state index contributed by atoms with van der Waals surface area (Å²) in [6, 6.07) is 5.80. The zero-order valence-electron chi connectivity index (χ0n) is 15.7. The number of methoxy groups -OCH3 is 1. The number of hydrogen-bond donors (Lipinski definition) is 2. The van der Waals surface area contributed by atoms with Gasteiger partial charge in [-0.05, 0) is 51.4 Å². The molecule has 0 bridgehead atoms. The van der Waals surface area contributed by atoms with Crippen LogP contribution < -0.4 is 20.1 Å². The monoisotopic (exact) mass is 462 g/mol. The van der Waals surface area contributed by atoms with E-state index in [0.717, 1.165) is 30.5 Å². The van der Waals surface area contributed by atoms with E-state index in [0.29, 0.717) is 18.3 Å². The SMILES string of the molecule is CCOc1ccc(NC(=NC)NCC2CCCN(C)C2)cc1OC.I. The quantitative estimate of drug-likeness (QED) is 0.387. The lowest BCUT2D eigenvalue weighted by Crippen LogP contribution is -2.41. The molecule has 2 rings (SSSR count). The van der Waals surface area contributed by atoms with Gasteiger partial charge in [-0.2, -0.15) is 0 Å². The van der Waals surface area contributed by atoms with Crippen LogP contribution in [0.4, 0.5) is 5.69 Å². The highest BCUT2D eigenvalue weighted by molar-refractivity contribution is 14.0. The van der Waals surface area contributed by atoms with Gasteiger partial charge in [0.15, 0.2) is 17.5 Å². The second-order valence-electron chi connectivity index (χ2n) is 6.15. The molecular weight excluding hydrogens is 431 g/mol. The maximum atomic E-state index is 5.55. The second-order valence-corrected chi connectivity index (χ2v) is 6.15. The van der Waals surface area contributed by atoms with Gasteiger partial charge in [0.05, 0.1) is 13.7 Å². The molecule has 1 aliphatic heterocycles. The summed E-state index contributed by atoms with van der Waals surface area (Å²) in [5.74, 6) is 2.90. The van der Waals surface area contributed by atoms with E-state index in [1.807, 2.05) is 25.1 Å². The molecule has 142 valence electrons. The van der Waals surface area contributed by atoms with Crippen LogP contribution in [0.5, 0.6) is 11.5 Å². The van der Waals surface area contributed by atoms with Crippen molar-refractivity contribution in [2.75, 3.05) is 52.8 Å². The first-order valence-corrected chi connectivity index (χ1v) is 8.63. The number of likely N-dealkylation sites (tertiary alicyclic amines) is 1. The van der Waals surface area contributed by atoms with Crippen molar-refractivity contribution < 1.29 is 9.47 Å². The molecule has 0 spiro atoms. The number of benzene rings is 1. The molecule has 0 amide bonds. The summed E-state index contributed by atoms with van der Waals surface area (Å²) in [6.07, 6.45) is 2.54. The first-order chi connectivity index (χ1) is 11.7. The Balaban J connectivity index is 0.00000312. The van der Waals surface area contributed by atoms with Gasteiger partial charge in [0.2, 0.25) is 0 Å². The van der Waals surface area contributed by atoms with Gasteiger partial charge in [-0.15, -0.1) is 24.0 Å². The standard InChI is InChI=1S/C18H30N4O2.HI/c1-5-24-16-9-8-15(11-17(16)23-4)21-18(19-2)20-12-14-7-6-10-22(3)13-14;/h8-9,11,14H,5-7,10,12-13H2,1-4H3,(H2,19,20,21);1H. The lowest BCUT2D eigenvalue weighted by atomic mass is 9.99. The lowest BCUT2D eigenvalue weighted by Gasteiger charge is -2.30. The number of rotatable bonds is 6. The van der Waals surface area contributed by atoms with Crippen LogP contribution in [0.3, 0.4) is 0 Å². The number of ether oxygens (including phenoxy) is 2. The molecule has 1 aliphatic rings. The van der Waals surface area contributed by atoms with Gasteiger partial charge in [-0.1, -0.05) is 0 Å². The number of piperidine rings is 1. The molecule has 1 saturated heterocycles. The Morgan fingerprint density at radius 3 is 2.80 bits per heavy atom. The third-order valence-corrected chi connectivity index (χ3v) is 4.23. The van der Waals surface area contributed by atoms with Gasteiger partial charge in [-0.25, -0.2) is 0 Å². The van der Waals surface area contributed by atoms with Crippen LogP contribution in [0.25, 0.3) is 0 Å². The average molecular weight is 462 g/mol. The Morgan fingerprint density at radius 1 is 1.36 bits per heavy atom. The molecule has 6 nitrogen and oxygen atoms in total. The van der Waals surface area contributed by atoms with Crippen LogP contribution in [0.2, 0.25) is 0 Å². The number of guanidine groups is 1. The molecule has 1 heterocycles. The van der Waals surface area contributed by atoms with Crippen LogP contribution >= 0.6 is 24.0 Å². The van der Waals surface area contributed by atoms with E-state index in [9.17, 15) is 0 Å².